The monoisotopic (exact) mass is 229 g/mol. The number of hydrogen-bond acceptors (Lipinski definition) is 3. The summed E-state index contributed by atoms with van der Waals surface area (Å²) in [4.78, 5) is 7.16. The van der Waals surface area contributed by atoms with Crippen molar-refractivity contribution in [2.75, 3.05) is 0 Å². The smallest absolute Gasteiger partial charge is 0.171 e. The van der Waals surface area contributed by atoms with Crippen LogP contribution in [0, 0.1) is 0 Å². The second-order valence-electron chi connectivity index (χ2n) is 1.82. The summed E-state index contributed by atoms with van der Waals surface area (Å²) in [5.74, 6) is -0.143. The SMILES string of the molecule is [2H]c1nc([2H])c(-n2nc(Br)c([2H])c2[2H])nc1[2H]. The van der Waals surface area contributed by atoms with Crippen molar-refractivity contribution in [2.45, 2.75) is 0 Å². The van der Waals surface area contributed by atoms with E-state index < -0.39 is 12.3 Å². The van der Waals surface area contributed by atoms with Gasteiger partial charge in [0.05, 0.1) is 13.0 Å². The van der Waals surface area contributed by atoms with Crippen LogP contribution in [0.4, 0.5) is 0 Å². The maximum atomic E-state index is 7.60. The van der Waals surface area contributed by atoms with Crippen molar-refractivity contribution in [3.8, 4) is 5.82 Å². The number of halogens is 1. The summed E-state index contributed by atoms with van der Waals surface area (Å²) in [5, 5.41) is 3.80. The van der Waals surface area contributed by atoms with Crippen LogP contribution < -0.4 is 0 Å². The van der Waals surface area contributed by atoms with Gasteiger partial charge in [0, 0.05) is 18.5 Å². The minimum atomic E-state index is -0.414. The predicted molar refractivity (Wildman–Crippen MR) is 46.9 cm³/mol. The average molecular weight is 230 g/mol. The summed E-state index contributed by atoms with van der Waals surface area (Å²) in [6.07, 6.45) is -1.46. The Labute approximate surface area is 84.4 Å². The van der Waals surface area contributed by atoms with Crippen LogP contribution in [-0.2, 0) is 0 Å². The van der Waals surface area contributed by atoms with Gasteiger partial charge in [-0.25, -0.2) is 9.67 Å². The summed E-state index contributed by atoms with van der Waals surface area (Å²) in [6, 6.07) is -0.146. The third-order valence-electron chi connectivity index (χ3n) is 1.08. The van der Waals surface area contributed by atoms with Crippen molar-refractivity contribution in [3.05, 3.63) is 35.3 Å². The van der Waals surface area contributed by atoms with Gasteiger partial charge in [0.25, 0.3) is 0 Å². The highest BCUT2D eigenvalue weighted by atomic mass is 79.9. The zero-order valence-corrected chi connectivity index (χ0v) is 7.25. The molecule has 0 saturated heterocycles. The number of hydrogen-bond donors (Lipinski definition) is 0. The highest BCUT2D eigenvalue weighted by Crippen LogP contribution is 2.07. The molecule has 0 bridgehead atoms. The average Bonchev–Trinajstić information content (AvgIpc) is 2.51. The molecule has 2 rings (SSSR count). The third kappa shape index (κ3) is 1.35. The first-order valence-corrected chi connectivity index (χ1v) is 3.75. The van der Waals surface area contributed by atoms with E-state index in [1.807, 2.05) is 0 Å². The van der Waals surface area contributed by atoms with Crippen molar-refractivity contribution in [3.63, 3.8) is 0 Å². The maximum Gasteiger partial charge on any atom is 0.171 e. The molecule has 5 heteroatoms. The van der Waals surface area contributed by atoms with Crippen LogP contribution in [0.15, 0.2) is 35.3 Å². The minimum Gasteiger partial charge on any atom is -0.259 e. The van der Waals surface area contributed by atoms with E-state index in [0.717, 1.165) is 4.68 Å². The minimum absolute atomic E-state index is 0.143. The van der Waals surface area contributed by atoms with Gasteiger partial charge in [0.1, 0.15) is 4.60 Å². The maximum absolute atomic E-state index is 7.60. The van der Waals surface area contributed by atoms with Crippen LogP contribution in [0.3, 0.4) is 0 Å². The molecule has 2 heterocycles. The Morgan fingerprint density at radius 1 is 1.50 bits per heavy atom. The van der Waals surface area contributed by atoms with Crippen LogP contribution in [0.1, 0.15) is 6.85 Å². The Bertz CT molecular complexity index is 598. The molecule has 60 valence electrons. The zero-order chi connectivity index (χ0) is 12.7. The normalized spacial score (nSPS) is 15.9. The van der Waals surface area contributed by atoms with Crippen LogP contribution in [-0.4, -0.2) is 19.7 Å². The molecule has 0 amide bonds. The lowest BCUT2D eigenvalue weighted by Crippen LogP contribution is -1.97. The van der Waals surface area contributed by atoms with Gasteiger partial charge in [-0.15, -0.1) is 0 Å². The molecular formula is C7H5BrN4. The first kappa shape index (κ1) is 3.66. The van der Waals surface area contributed by atoms with Crippen molar-refractivity contribution in [1.82, 2.24) is 19.7 Å². The molecule has 0 aliphatic heterocycles. The molecule has 2 aromatic rings. The van der Waals surface area contributed by atoms with Gasteiger partial charge in [-0.1, -0.05) is 0 Å². The topological polar surface area (TPSA) is 43.6 Å². The van der Waals surface area contributed by atoms with Crippen LogP contribution in [0.25, 0.3) is 5.82 Å². The molecule has 0 fully saturated rings. The van der Waals surface area contributed by atoms with E-state index in [9.17, 15) is 0 Å². The standard InChI is InChI=1S/C7H5BrN4/c8-6-1-4-12(11-6)7-5-9-2-3-10-7/h1-5H/i1D,2D,3D,4D,5D. The Morgan fingerprint density at radius 3 is 3.17 bits per heavy atom. The zero-order valence-electron chi connectivity index (χ0n) is 10.7. The van der Waals surface area contributed by atoms with Gasteiger partial charge in [0.2, 0.25) is 0 Å². The third-order valence-corrected chi connectivity index (χ3v) is 1.43. The quantitative estimate of drug-likeness (QED) is 0.744. The molecule has 0 unspecified atom stereocenters. The number of rotatable bonds is 1. The Hall–Kier alpha value is -1.23. The lowest BCUT2D eigenvalue weighted by molar-refractivity contribution is 0.830. The largest absolute Gasteiger partial charge is 0.259 e. The molecule has 0 aliphatic rings. The van der Waals surface area contributed by atoms with E-state index >= 15 is 0 Å². The van der Waals surface area contributed by atoms with Crippen molar-refractivity contribution in [2.24, 2.45) is 0 Å². The second-order valence-corrected chi connectivity index (χ2v) is 2.57. The Morgan fingerprint density at radius 2 is 2.42 bits per heavy atom. The molecule has 0 radical (unpaired) electrons. The Balaban J connectivity index is 2.68. The van der Waals surface area contributed by atoms with E-state index in [-0.39, 0.29) is 28.8 Å². The van der Waals surface area contributed by atoms with Crippen molar-refractivity contribution in [1.29, 1.82) is 0 Å². The van der Waals surface area contributed by atoms with Gasteiger partial charge in [0.15, 0.2) is 5.82 Å². The van der Waals surface area contributed by atoms with Gasteiger partial charge in [-0.05, 0) is 22.0 Å². The summed E-state index contributed by atoms with van der Waals surface area (Å²) < 4.78 is 38.2. The Kier molecular flexibility index (Phi) is 0.920. The summed E-state index contributed by atoms with van der Waals surface area (Å²) in [6.45, 7) is 0. The van der Waals surface area contributed by atoms with E-state index in [1.165, 1.54) is 0 Å². The van der Waals surface area contributed by atoms with E-state index in [4.69, 9.17) is 6.85 Å². The fourth-order valence-electron chi connectivity index (χ4n) is 0.638. The molecule has 2 aromatic heterocycles. The lowest BCUT2D eigenvalue weighted by Gasteiger charge is -1.95. The summed E-state index contributed by atoms with van der Waals surface area (Å²) in [7, 11) is 0. The highest BCUT2D eigenvalue weighted by molar-refractivity contribution is 9.10. The first-order valence-electron chi connectivity index (χ1n) is 5.45. The molecule has 0 N–H and O–H groups in total. The number of aromatic nitrogens is 4. The van der Waals surface area contributed by atoms with Gasteiger partial charge < -0.3 is 0 Å². The summed E-state index contributed by atoms with van der Waals surface area (Å²) >= 11 is 2.99. The second kappa shape index (κ2) is 3.02. The van der Waals surface area contributed by atoms with Crippen LogP contribution >= 0.6 is 15.9 Å². The molecule has 0 aromatic carbocycles. The fourth-order valence-corrected chi connectivity index (χ4v) is 0.885. The predicted octanol–water partition coefficient (Wildman–Crippen LogP) is 1.42. The molecule has 4 nitrogen and oxygen atoms in total. The van der Waals surface area contributed by atoms with Gasteiger partial charge >= 0.3 is 0 Å². The lowest BCUT2D eigenvalue weighted by atomic mass is 10.6. The molecule has 12 heavy (non-hydrogen) atoms. The van der Waals surface area contributed by atoms with Gasteiger partial charge in [-0.3, -0.25) is 4.98 Å². The van der Waals surface area contributed by atoms with Crippen LogP contribution in [0.2, 0.25) is 0 Å². The fraction of sp³-hybridized carbons (Fsp3) is 0. The van der Waals surface area contributed by atoms with Crippen molar-refractivity contribution < 1.29 is 6.85 Å². The highest BCUT2D eigenvalue weighted by Gasteiger charge is 1.97. The molecule has 0 atom stereocenters. The van der Waals surface area contributed by atoms with Gasteiger partial charge in [-0.2, -0.15) is 5.10 Å². The van der Waals surface area contributed by atoms with Crippen molar-refractivity contribution >= 4 is 15.9 Å². The van der Waals surface area contributed by atoms with E-state index in [2.05, 4.69) is 31.0 Å². The first-order chi connectivity index (χ1) is 7.91. The summed E-state index contributed by atoms with van der Waals surface area (Å²) in [5.41, 5.74) is 0. The van der Waals surface area contributed by atoms with E-state index in [0.29, 0.717) is 0 Å². The van der Waals surface area contributed by atoms with E-state index in [1.54, 1.807) is 0 Å². The molecule has 0 saturated carbocycles. The molecular weight excluding hydrogens is 220 g/mol. The number of nitrogens with zero attached hydrogens (tertiary/aromatic N) is 4. The van der Waals surface area contributed by atoms with Crippen LogP contribution in [0.5, 0.6) is 0 Å². The molecule has 0 aliphatic carbocycles. The molecule has 0 spiro atoms.